The molecular weight excluding hydrogens is 436 g/mol. The van der Waals surface area contributed by atoms with E-state index in [4.69, 9.17) is 16.0 Å². The standard InChI is InChI=1S/C21H17ClN6O2S/c1-23-18(29)17-11-13(8-10-24-17)12-31-20-16(3-2-9-25-20)19-27-28-21(30-19)26-15-6-4-14(22)5-7-15/h2-11H,12H2,1H3,(H,23,29)(H,26,28). The Morgan fingerprint density at radius 3 is 2.74 bits per heavy atom. The first-order valence-corrected chi connectivity index (χ1v) is 10.6. The van der Waals surface area contributed by atoms with E-state index in [-0.39, 0.29) is 11.9 Å². The predicted molar refractivity (Wildman–Crippen MR) is 119 cm³/mol. The molecule has 31 heavy (non-hydrogen) atoms. The molecule has 3 aromatic heterocycles. The molecule has 0 aliphatic rings. The van der Waals surface area contributed by atoms with Crippen molar-refractivity contribution >= 4 is 41.0 Å². The third-order valence-corrected chi connectivity index (χ3v) is 5.51. The van der Waals surface area contributed by atoms with Crippen LogP contribution in [0.5, 0.6) is 0 Å². The number of amides is 1. The average molecular weight is 453 g/mol. The first kappa shape index (κ1) is 20.8. The van der Waals surface area contributed by atoms with Gasteiger partial charge in [0.2, 0.25) is 0 Å². The Kier molecular flexibility index (Phi) is 6.44. The minimum Gasteiger partial charge on any atom is -0.403 e. The van der Waals surface area contributed by atoms with Gasteiger partial charge in [-0.1, -0.05) is 16.7 Å². The van der Waals surface area contributed by atoms with Gasteiger partial charge in [-0.05, 0) is 54.1 Å². The van der Waals surface area contributed by atoms with Crippen LogP contribution < -0.4 is 10.6 Å². The van der Waals surface area contributed by atoms with E-state index in [2.05, 4.69) is 30.8 Å². The molecule has 0 atom stereocenters. The molecule has 8 nitrogen and oxygen atoms in total. The zero-order valence-electron chi connectivity index (χ0n) is 16.4. The second-order valence-corrected chi connectivity index (χ2v) is 7.72. The van der Waals surface area contributed by atoms with Gasteiger partial charge in [0.05, 0.1) is 5.56 Å². The normalized spacial score (nSPS) is 10.6. The quantitative estimate of drug-likeness (QED) is 0.392. The number of hydrogen-bond donors (Lipinski definition) is 2. The Morgan fingerprint density at radius 1 is 1.10 bits per heavy atom. The highest BCUT2D eigenvalue weighted by atomic mass is 35.5. The van der Waals surface area contributed by atoms with Crippen molar-refractivity contribution in [1.29, 1.82) is 0 Å². The van der Waals surface area contributed by atoms with Crippen LogP contribution in [-0.2, 0) is 5.75 Å². The summed E-state index contributed by atoms with van der Waals surface area (Å²) in [5.74, 6) is 0.727. The fourth-order valence-electron chi connectivity index (χ4n) is 2.68. The summed E-state index contributed by atoms with van der Waals surface area (Å²) in [6, 6.07) is 14.7. The number of thioether (sulfide) groups is 1. The van der Waals surface area contributed by atoms with Gasteiger partial charge in [0.1, 0.15) is 10.7 Å². The summed E-state index contributed by atoms with van der Waals surface area (Å²) in [7, 11) is 1.58. The monoisotopic (exact) mass is 452 g/mol. The molecule has 0 fully saturated rings. The van der Waals surface area contributed by atoms with Crippen molar-refractivity contribution in [3.8, 4) is 11.5 Å². The maximum absolute atomic E-state index is 11.8. The number of nitrogens with zero attached hydrogens (tertiary/aromatic N) is 4. The average Bonchev–Trinajstić information content (AvgIpc) is 3.27. The van der Waals surface area contributed by atoms with E-state index in [1.807, 2.05) is 30.3 Å². The largest absolute Gasteiger partial charge is 0.403 e. The summed E-state index contributed by atoms with van der Waals surface area (Å²) in [6.45, 7) is 0. The van der Waals surface area contributed by atoms with Crippen LogP contribution >= 0.6 is 23.4 Å². The zero-order valence-corrected chi connectivity index (χ0v) is 17.9. The molecule has 4 rings (SSSR count). The van der Waals surface area contributed by atoms with E-state index in [1.165, 1.54) is 11.8 Å². The molecule has 0 spiro atoms. The molecule has 0 radical (unpaired) electrons. The summed E-state index contributed by atoms with van der Waals surface area (Å²) >= 11 is 7.41. The summed E-state index contributed by atoms with van der Waals surface area (Å²) in [5, 5.41) is 15.2. The van der Waals surface area contributed by atoms with E-state index < -0.39 is 0 Å². The maximum Gasteiger partial charge on any atom is 0.320 e. The van der Waals surface area contributed by atoms with E-state index in [1.54, 1.807) is 37.6 Å². The number of rotatable bonds is 7. The molecule has 0 unspecified atom stereocenters. The zero-order chi connectivity index (χ0) is 21.6. The molecule has 0 saturated carbocycles. The molecule has 0 aliphatic carbocycles. The molecule has 10 heteroatoms. The van der Waals surface area contributed by atoms with E-state index in [9.17, 15) is 4.79 Å². The van der Waals surface area contributed by atoms with Gasteiger partial charge in [0, 0.05) is 35.9 Å². The van der Waals surface area contributed by atoms with Crippen molar-refractivity contribution in [1.82, 2.24) is 25.5 Å². The first-order chi connectivity index (χ1) is 15.1. The number of anilines is 2. The Balaban J connectivity index is 1.50. The lowest BCUT2D eigenvalue weighted by atomic mass is 10.2. The summed E-state index contributed by atoms with van der Waals surface area (Å²) in [6.07, 6.45) is 3.32. The van der Waals surface area contributed by atoms with Gasteiger partial charge in [-0.25, -0.2) is 4.98 Å². The van der Waals surface area contributed by atoms with Crippen LogP contribution in [0.25, 0.3) is 11.5 Å². The number of pyridine rings is 2. The van der Waals surface area contributed by atoms with Crippen molar-refractivity contribution in [2.75, 3.05) is 12.4 Å². The lowest BCUT2D eigenvalue weighted by Gasteiger charge is -2.06. The second kappa shape index (κ2) is 9.59. The maximum atomic E-state index is 11.8. The van der Waals surface area contributed by atoms with Crippen LogP contribution in [0.1, 0.15) is 16.1 Å². The van der Waals surface area contributed by atoms with Gasteiger partial charge in [-0.3, -0.25) is 9.78 Å². The van der Waals surface area contributed by atoms with Crippen LogP contribution in [0.15, 0.2) is 70.4 Å². The highest BCUT2D eigenvalue weighted by Crippen LogP contribution is 2.32. The molecule has 0 saturated heterocycles. The molecule has 4 aromatic rings. The molecule has 1 aromatic carbocycles. The smallest absolute Gasteiger partial charge is 0.320 e. The van der Waals surface area contributed by atoms with Crippen molar-refractivity contribution in [3.05, 3.63) is 77.2 Å². The summed E-state index contributed by atoms with van der Waals surface area (Å²) < 4.78 is 5.78. The van der Waals surface area contributed by atoms with Crippen LogP contribution in [-0.4, -0.2) is 33.1 Å². The van der Waals surface area contributed by atoms with E-state index in [0.717, 1.165) is 21.8 Å². The fourth-order valence-corrected chi connectivity index (χ4v) is 3.73. The number of carbonyl (C=O) groups is 1. The highest BCUT2D eigenvalue weighted by molar-refractivity contribution is 7.98. The van der Waals surface area contributed by atoms with Gasteiger partial charge in [0.25, 0.3) is 11.8 Å². The molecule has 1 amide bonds. The van der Waals surface area contributed by atoms with E-state index >= 15 is 0 Å². The SMILES string of the molecule is CNC(=O)c1cc(CSc2ncccc2-c2nnc(Nc3ccc(Cl)cc3)o2)ccn1. The lowest BCUT2D eigenvalue weighted by molar-refractivity contribution is 0.0958. The Morgan fingerprint density at radius 2 is 1.94 bits per heavy atom. The first-order valence-electron chi connectivity index (χ1n) is 9.23. The van der Waals surface area contributed by atoms with Crippen LogP contribution in [0, 0.1) is 0 Å². The van der Waals surface area contributed by atoms with Gasteiger partial charge in [-0.15, -0.1) is 16.9 Å². The topological polar surface area (TPSA) is 106 Å². The van der Waals surface area contributed by atoms with Crippen molar-refractivity contribution in [3.63, 3.8) is 0 Å². The Labute approximate surface area is 187 Å². The van der Waals surface area contributed by atoms with Gasteiger partial charge < -0.3 is 15.1 Å². The fraction of sp³-hybridized carbons (Fsp3) is 0.0952. The van der Waals surface area contributed by atoms with Gasteiger partial charge >= 0.3 is 6.01 Å². The van der Waals surface area contributed by atoms with Crippen LogP contribution in [0.2, 0.25) is 5.02 Å². The minimum atomic E-state index is -0.225. The van der Waals surface area contributed by atoms with Crippen molar-refractivity contribution < 1.29 is 9.21 Å². The number of nitrogens with one attached hydrogen (secondary N) is 2. The van der Waals surface area contributed by atoms with Gasteiger partial charge in [0.15, 0.2) is 0 Å². The molecular formula is C21H17ClN6O2S. The second-order valence-electron chi connectivity index (χ2n) is 6.32. The number of halogens is 1. The number of benzene rings is 1. The molecule has 0 aliphatic heterocycles. The predicted octanol–water partition coefficient (Wildman–Crippen LogP) is 4.58. The molecule has 3 heterocycles. The molecule has 0 bridgehead atoms. The molecule has 2 N–H and O–H groups in total. The lowest BCUT2D eigenvalue weighted by Crippen LogP contribution is -2.19. The van der Waals surface area contributed by atoms with Gasteiger partial charge in [-0.2, -0.15) is 0 Å². The van der Waals surface area contributed by atoms with Crippen LogP contribution in [0.3, 0.4) is 0 Å². The molecule has 156 valence electrons. The highest BCUT2D eigenvalue weighted by Gasteiger charge is 2.15. The van der Waals surface area contributed by atoms with E-state index in [0.29, 0.717) is 22.4 Å². The Hall–Kier alpha value is -3.43. The van der Waals surface area contributed by atoms with Crippen molar-refractivity contribution in [2.45, 2.75) is 10.8 Å². The third-order valence-electron chi connectivity index (χ3n) is 4.18. The summed E-state index contributed by atoms with van der Waals surface area (Å²) in [5.41, 5.74) is 2.83. The number of hydrogen-bond acceptors (Lipinski definition) is 8. The minimum absolute atomic E-state index is 0.225. The Bertz CT molecular complexity index is 1200. The number of carbonyl (C=O) groups excluding carboxylic acids is 1. The van der Waals surface area contributed by atoms with Crippen LogP contribution in [0.4, 0.5) is 11.7 Å². The third kappa shape index (κ3) is 5.19. The summed E-state index contributed by atoms with van der Waals surface area (Å²) in [4.78, 5) is 20.3. The number of aromatic nitrogens is 4. The van der Waals surface area contributed by atoms with Crippen molar-refractivity contribution in [2.24, 2.45) is 0 Å².